The first-order valence-electron chi connectivity index (χ1n) is 7.05. The Labute approximate surface area is 138 Å². The molecule has 0 aliphatic carbocycles. The van der Waals surface area contributed by atoms with Crippen molar-refractivity contribution in [2.45, 2.75) is 32.1 Å². The molecule has 1 heterocycles. The van der Waals surface area contributed by atoms with Crippen LogP contribution in [-0.4, -0.2) is 30.9 Å². The van der Waals surface area contributed by atoms with E-state index in [4.69, 9.17) is 9.47 Å². The molecule has 1 atom stereocenters. The number of halogens is 1. The van der Waals surface area contributed by atoms with Crippen molar-refractivity contribution in [1.82, 2.24) is 5.32 Å². The van der Waals surface area contributed by atoms with E-state index in [9.17, 15) is 4.79 Å². The summed E-state index contributed by atoms with van der Waals surface area (Å²) in [5.41, 5.74) is 1.11. The Balaban J connectivity index is 1.87. The Kier molecular flexibility index (Phi) is 6.23. The average Bonchev–Trinajstić information content (AvgIpc) is 2.47. The van der Waals surface area contributed by atoms with Crippen LogP contribution in [0.5, 0.6) is 11.5 Å². The first-order valence-corrected chi connectivity index (χ1v) is 9.00. The highest BCUT2D eigenvalue weighted by Crippen LogP contribution is 2.36. The molecule has 0 fully saturated rings. The van der Waals surface area contributed by atoms with Crippen molar-refractivity contribution in [3.8, 4) is 11.5 Å². The van der Waals surface area contributed by atoms with Crippen molar-refractivity contribution in [3.63, 3.8) is 0 Å². The average molecular weight is 374 g/mol. The molecule has 1 aliphatic heterocycles. The highest BCUT2D eigenvalue weighted by Gasteiger charge is 2.15. The number of fused-ring (bicyclic) bond motifs is 1. The van der Waals surface area contributed by atoms with E-state index < -0.39 is 0 Å². The van der Waals surface area contributed by atoms with Crippen LogP contribution in [0, 0.1) is 0 Å². The van der Waals surface area contributed by atoms with Gasteiger partial charge in [0, 0.05) is 16.3 Å². The molecule has 0 aromatic heterocycles. The lowest BCUT2D eigenvalue weighted by Crippen LogP contribution is -2.33. The van der Waals surface area contributed by atoms with Gasteiger partial charge in [-0.3, -0.25) is 4.79 Å². The number of carbonyl (C=O) groups is 1. The number of benzene rings is 1. The van der Waals surface area contributed by atoms with Crippen molar-refractivity contribution in [2.24, 2.45) is 0 Å². The van der Waals surface area contributed by atoms with Gasteiger partial charge in [-0.15, -0.1) is 11.8 Å². The summed E-state index contributed by atoms with van der Waals surface area (Å²) in [5, 5.41) is 2.96. The van der Waals surface area contributed by atoms with Crippen LogP contribution in [-0.2, 0) is 10.5 Å². The van der Waals surface area contributed by atoms with Crippen molar-refractivity contribution in [3.05, 3.63) is 22.2 Å². The fraction of sp³-hybridized carbons (Fsp3) is 0.533. The molecule has 0 saturated carbocycles. The van der Waals surface area contributed by atoms with Gasteiger partial charge in [-0.2, -0.15) is 0 Å². The molecule has 116 valence electrons. The van der Waals surface area contributed by atoms with Crippen LogP contribution in [0.1, 0.15) is 25.8 Å². The first-order chi connectivity index (χ1) is 10.1. The van der Waals surface area contributed by atoms with Crippen LogP contribution in [0.3, 0.4) is 0 Å². The lowest BCUT2D eigenvalue weighted by atomic mass is 10.2. The standard InChI is InChI=1S/C15H20BrNO3S/c1-3-10(2)17-15(18)9-21-8-11-6-13-14(7-12(11)16)20-5-4-19-13/h6-7,10H,3-5,8-9H2,1-2H3,(H,17,18)/t10-/m0/s1. The Bertz CT molecular complexity index is 510. The van der Waals surface area contributed by atoms with E-state index in [1.165, 1.54) is 0 Å². The van der Waals surface area contributed by atoms with Gasteiger partial charge in [-0.1, -0.05) is 22.9 Å². The summed E-state index contributed by atoms with van der Waals surface area (Å²) >= 11 is 5.14. The second-order valence-electron chi connectivity index (χ2n) is 4.96. The summed E-state index contributed by atoms with van der Waals surface area (Å²) in [6, 6.07) is 4.15. The minimum atomic E-state index is 0.0861. The fourth-order valence-corrected chi connectivity index (χ4v) is 3.37. The zero-order valence-electron chi connectivity index (χ0n) is 12.3. The van der Waals surface area contributed by atoms with Crippen molar-refractivity contribution >= 4 is 33.6 Å². The minimum Gasteiger partial charge on any atom is -0.486 e. The number of hydrogen-bond acceptors (Lipinski definition) is 4. The van der Waals surface area contributed by atoms with E-state index in [1.807, 2.05) is 19.1 Å². The number of ether oxygens (including phenoxy) is 2. The predicted octanol–water partition coefficient (Wildman–Crippen LogP) is 3.37. The van der Waals surface area contributed by atoms with Crippen LogP contribution in [0.25, 0.3) is 0 Å². The third-order valence-corrected chi connectivity index (χ3v) is 4.94. The van der Waals surface area contributed by atoms with E-state index in [-0.39, 0.29) is 11.9 Å². The van der Waals surface area contributed by atoms with Gasteiger partial charge in [0.15, 0.2) is 11.5 Å². The summed E-state index contributed by atoms with van der Waals surface area (Å²) in [5.74, 6) is 2.86. The summed E-state index contributed by atoms with van der Waals surface area (Å²) in [6.45, 7) is 5.24. The van der Waals surface area contributed by atoms with Crippen LogP contribution >= 0.6 is 27.7 Å². The number of nitrogens with one attached hydrogen (secondary N) is 1. The molecule has 6 heteroatoms. The predicted molar refractivity (Wildman–Crippen MR) is 89.2 cm³/mol. The zero-order valence-corrected chi connectivity index (χ0v) is 14.7. The van der Waals surface area contributed by atoms with Gasteiger partial charge in [0.25, 0.3) is 0 Å². The lowest BCUT2D eigenvalue weighted by Gasteiger charge is -2.20. The maximum Gasteiger partial charge on any atom is 0.230 e. The molecule has 0 saturated heterocycles. The van der Waals surface area contributed by atoms with Crippen molar-refractivity contribution < 1.29 is 14.3 Å². The monoisotopic (exact) mass is 373 g/mol. The third-order valence-electron chi connectivity index (χ3n) is 3.22. The third kappa shape index (κ3) is 4.81. The molecule has 4 nitrogen and oxygen atoms in total. The molecule has 0 spiro atoms. The molecule has 1 aliphatic rings. The molecular formula is C15H20BrNO3S. The fourth-order valence-electron chi connectivity index (χ4n) is 1.89. The van der Waals surface area contributed by atoms with Gasteiger partial charge in [0.2, 0.25) is 5.91 Å². The topological polar surface area (TPSA) is 47.6 Å². The minimum absolute atomic E-state index is 0.0861. The van der Waals surface area contributed by atoms with Crippen molar-refractivity contribution in [2.75, 3.05) is 19.0 Å². The van der Waals surface area contributed by atoms with Crippen molar-refractivity contribution in [1.29, 1.82) is 0 Å². The van der Waals surface area contributed by atoms with Gasteiger partial charge in [-0.05, 0) is 31.0 Å². The molecule has 0 bridgehead atoms. The molecule has 1 aromatic carbocycles. The number of amides is 1. The van der Waals surface area contributed by atoms with Gasteiger partial charge < -0.3 is 14.8 Å². The molecule has 0 radical (unpaired) electrons. The molecule has 1 aromatic rings. The maximum absolute atomic E-state index is 11.7. The SMILES string of the molecule is CC[C@H](C)NC(=O)CSCc1cc2c(cc1Br)OCCO2. The lowest BCUT2D eigenvalue weighted by molar-refractivity contribution is -0.119. The van der Waals surface area contributed by atoms with Gasteiger partial charge in [0.1, 0.15) is 13.2 Å². The molecular weight excluding hydrogens is 354 g/mol. The van der Waals surface area contributed by atoms with Crippen LogP contribution in [0.15, 0.2) is 16.6 Å². The summed E-state index contributed by atoms with van der Waals surface area (Å²) < 4.78 is 12.1. The second kappa shape index (κ2) is 7.94. The summed E-state index contributed by atoms with van der Waals surface area (Å²) in [7, 11) is 0. The van der Waals surface area contributed by atoms with Gasteiger partial charge in [-0.25, -0.2) is 0 Å². The molecule has 0 unspecified atom stereocenters. The van der Waals surface area contributed by atoms with E-state index in [2.05, 4.69) is 28.2 Å². The first kappa shape index (κ1) is 16.5. The number of thioether (sulfide) groups is 1. The Hall–Kier alpha value is -0.880. The Morgan fingerprint density at radius 3 is 2.71 bits per heavy atom. The van der Waals surface area contributed by atoms with Gasteiger partial charge in [0.05, 0.1) is 5.75 Å². The van der Waals surface area contributed by atoms with Gasteiger partial charge >= 0.3 is 0 Å². The summed E-state index contributed by atoms with van der Waals surface area (Å²) in [6.07, 6.45) is 0.949. The van der Waals surface area contributed by atoms with Crippen LogP contribution in [0.2, 0.25) is 0 Å². The number of hydrogen-bond donors (Lipinski definition) is 1. The quantitative estimate of drug-likeness (QED) is 0.830. The largest absolute Gasteiger partial charge is 0.486 e. The highest BCUT2D eigenvalue weighted by molar-refractivity contribution is 9.10. The second-order valence-corrected chi connectivity index (χ2v) is 6.80. The maximum atomic E-state index is 11.7. The molecule has 1 N–H and O–H groups in total. The zero-order chi connectivity index (χ0) is 15.2. The van der Waals surface area contributed by atoms with Crippen LogP contribution in [0.4, 0.5) is 0 Å². The Morgan fingerprint density at radius 1 is 1.38 bits per heavy atom. The van der Waals surface area contributed by atoms with E-state index in [0.717, 1.165) is 33.7 Å². The molecule has 21 heavy (non-hydrogen) atoms. The normalized spacial score (nSPS) is 14.6. The number of carbonyl (C=O) groups excluding carboxylic acids is 1. The highest BCUT2D eigenvalue weighted by atomic mass is 79.9. The molecule has 2 rings (SSSR count). The van der Waals surface area contributed by atoms with E-state index in [0.29, 0.717) is 19.0 Å². The van der Waals surface area contributed by atoms with Crippen LogP contribution < -0.4 is 14.8 Å². The molecule has 1 amide bonds. The Morgan fingerprint density at radius 2 is 2.05 bits per heavy atom. The van der Waals surface area contributed by atoms with E-state index >= 15 is 0 Å². The summed E-state index contributed by atoms with van der Waals surface area (Å²) in [4.78, 5) is 11.7. The number of rotatable bonds is 6. The smallest absolute Gasteiger partial charge is 0.230 e. The van der Waals surface area contributed by atoms with E-state index in [1.54, 1.807) is 11.8 Å².